The first-order chi connectivity index (χ1) is 16.5. The van der Waals surface area contributed by atoms with Crippen LogP contribution in [0, 0.1) is 12.8 Å². The number of para-hydroxylation sites is 1. The number of hydrogen-bond donors (Lipinski definition) is 2. The van der Waals surface area contributed by atoms with Crippen molar-refractivity contribution in [2.24, 2.45) is 5.92 Å². The molecule has 8 heteroatoms. The van der Waals surface area contributed by atoms with E-state index in [1.54, 1.807) is 17.0 Å². The van der Waals surface area contributed by atoms with Crippen molar-refractivity contribution in [2.75, 3.05) is 37.7 Å². The molecule has 2 N–H and O–H groups in total. The highest BCUT2D eigenvalue weighted by Gasteiger charge is 2.32. The summed E-state index contributed by atoms with van der Waals surface area (Å²) in [5.41, 5.74) is 2.53. The Morgan fingerprint density at radius 3 is 2.82 bits per heavy atom. The first kappa shape index (κ1) is 22.4. The number of ether oxygens (including phenoxy) is 1. The van der Waals surface area contributed by atoms with Crippen LogP contribution in [0.3, 0.4) is 0 Å². The molecule has 178 valence electrons. The molecule has 2 fully saturated rings. The summed E-state index contributed by atoms with van der Waals surface area (Å²) in [5, 5.41) is 21.2. The van der Waals surface area contributed by atoms with Crippen LogP contribution in [0.2, 0.25) is 0 Å². The number of carboxylic acid groups (broad SMARTS) is 1. The average molecular weight is 463 g/mol. The maximum atomic E-state index is 12.0. The van der Waals surface area contributed by atoms with Gasteiger partial charge in [0.2, 0.25) is 0 Å². The first-order valence-electron chi connectivity index (χ1n) is 11.9. The van der Waals surface area contributed by atoms with E-state index < -0.39 is 6.09 Å². The lowest BCUT2D eigenvalue weighted by Crippen LogP contribution is -2.47. The van der Waals surface area contributed by atoms with E-state index in [4.69, 9.17) is 14.7 Å². The number of benzene rings is 2. The fourth-order valence-electron chi connectivity index (χ4n) is 5.08. The fourth-order valence-corrected chi connectivity index (χ4v) is 5.08. The second kappa shape index (κ2) is 9.46. The number of aromatic hydroxyl groups is 1. The molecule has 2 aromatic carbocycles. The zero-order valence-corrected chi connectivity index (χ0v) is 19.4. The first-order valence-corrected chi connectivity index (χ1v) is 11.9. The number of phenolic OH excluding ortho intramolecular Hbond substituents is 1. The van der Waals surface area contributed by atoms with Gasteiger partial charge in [0.05, 0.1) is 23.7 Å². The van der Waals surface area contributed by atoms with Gasteiger partial charge in [-0.2, -0.15) is 0 Å². The van der Waals surface area contributed by atoms with E-state index in [0.717, 1.165) is 54.6 Å². The van der Waals surface area contributed by atoms with Gasteiger partial charge in [0.15, 0.2) is 5.82 Å². The molecule has 2 atom stereocenters. The Bertz CT molecular complexity index is 1190. The molecule has 3 heterocycles. The molecule has 0 saturated carbocycles. The molecule has 2 aliphatic heterocycles. The third kappa shape index (κ3) is 4.50. The highest BCUT2D eigenvalue weighted by molar-refractivity contribution is 5.92. The molecule has 8 nitrogen and oxygen atoms in total. The number of aryl methyl sites for hydroxylation is 1. The van der Waals surface area contributed by atoms with Crippen LogP contribution >= 0.6 is 0 Å². The van der Waals surface area contributed by atoms with E-state index in [1.807, 2.05) is 25.1 Å². The summed E-state index contributed by atoms with van der Waals surface area (Å²) in [5.74, 6) is 1.67. The summed E-state index contributed by atoms with van der Waals surface area (Å²) in [6, 6.07) is 13.2. The SMILES string of the molecule is Cc1ccc2c(N3CCC[C@H](CN(C(=O)O)[C@@H]4CCOC4)C3)nc(-c3ccccc3O)nc2c1. The van der Waals surface area contributed by atoms with E-state index in [1.165, 1.54) is 0 Å². The van der Waals surface area contributed by atoms with Crippen molar-refractivity contribution in [3.8, 4) is 17.1 Å². The van der Waals surface area contributed by atoms with Crippen molar-refractivity contribution in [2.45, 2.75) is 32.2 Å². The second-order valence-corrected chi connectivity index (χ2v) is 9.32. The number of hydrogen-bond acceptors (Lipinski definition) is 6. The Labute approximate surface area is 198 Å². The molecule has 3 aromatic rings. The molecular weight excluding hydrogens is 432 g/mol. The van der Waals surface area contributed by atoms with Crippen molar-refractivity contribution in [1.82, 2.24) is 14.9 Å². The lowest BCUT2D eigenvalue weighted by atomic mass is 9.96. The monoisotopic (exact) mass is 462 g/mol. The van der Waals surface area contributed by atoms with Crippen LogP contribution in [-0.4, -0.2) is 70.1 Å². The molecule has 2 saturated heterocycles. The predicted molar refractivity (Wildman–Crippen MR) is 130 cm³/mol. The molecule has 0 radical (unpaired) electrons. The van der Waals surface area contributed by atoms with Crippen molar-refractivity contribution >= 4 is 22.8 Å². The normalized spacial score (nSPS) is 20.6. The Morgan fingerprint density at radius 1 is 1.21 bits per heavy atom. The van der Waals surface area contributed by atoms with E-state index >= 15 is 0 Å². The standard InChI is InChI=1S/C26H30N4O4/c1-17-8-9-20-22(13-17)27-24(21-6-2-3-7-23(21)31)28-25(20)29-11-4-5-18(14-29)15-30(26(32)33)19-10-12-34-16-19/h2-3,6-9,13,18-19,31H,4-5,10-12,14-16H2,1H3,(H,32,33)/t18-,19+/m0/s1. The van der Waals surface area contributed by atoms with Gasteiger partial charge >= 0.3 is 6.09 Å². The zero-order valence-electron chi connectivity index (χ0n) is 19.4. The molecule has 0 spiro atoms. The van der Waals surface area contributed by atoms with Crippen molar-refractivity contribution in [1.29, 1.82) is 0 Å². The van der Waals surface area contributed by atoms with Crippen LogP contribution in [-0.2, 0) is 4.74 Å². The van der Waals surface area contributed by atoms with Gasteiger partial charge in [-0.05, 0) is 61.9 Å². The number of phenols is 1. The number of amides is 1. The van der Waals surface area contributed by atoms with Gasteiger partial charge in [-0.15, -0.1) is 0 Å². The van der Waals surface area contributed by atoms with E-state index in [2.05, 4.69) is 17.0 Å². The maximum Gasteiger partial charge on any atom is 0.407 e. The molecule has 2 aliphatic rings. The van der Waals surface area contributed by atoms with Crippen LogP contribution in [0.15, 0.2) is 42.5 Å². The van der Waals surface area contributed by atoms with Crippen molar-refractivity contribution in [3.63, 3.8) is 0 Å². The van der Waals surface area contributed by atoms with Gasteiger partial charge in [0, 0.05) is 31.6 Å². The minimum atomic E-state index is -0.877. The number of anilines is 1. The summed E-state index contributed by atoms with van der Waals surface area (Å²) in [4.78, 5) is 25.5. The minimum Gasteiger partial charge on any atom is -0.507 e. The Hall–Kier alpha value is -3.39. The number of carbonyl (C=O) groups is 1. The fraction of sp³-hybridized carbons (Fsp3) is 0.423. The van der Waals surface area contributed by atoms with E-state index in [9.17, 15) is 15.0 Å². The molecule has 34 heavy (non-hydrogen) atoms. The number of piperidine rings is 1. The molecule has 5 rings (SSSR count). The van der Waals surface area contributed by atoms with Crippen LogP contribution < -0.4 is 4.90 Å². The minimum absolute atomic E-state index is 0.0663. The largest absolute Gasteiger partial charge is 0.507 e. The maximum absolute atomic E-state index is 12.0. The lowest BCUT2D eigenvalue weighted by molar-refractivity contribution is 0.101. The molecular formula is C26H30N4O4. The molecule has 1 aromatic heterocycles. The lowest BCUT2D eigenvalue weighted by Gasteiger charge is -2.37. The third-order valence-corrected chi connectivity index (χ3v) is 6.84. The molecule has 0 aliphatic carbocycles. The third-order valence-electron chi connectivity index (χ3n) is 6.84. The molecule has 0 unspecified atom stereocenters. The summed E-state index contributed by atoms with van der Waals surface area (Å²) in [7, 11) is 0. The van der Waals surface area contributed by atoms with Gasteiger partial charge < -0.3 is 24.7 Å². The van der Waals surface area contributed by atoms with Gasteiger partial charge in [-0.3, -0.25) is 0 Å². The smallest absolute Gasteiger partial charge is 0.407 e. The summed E-state index contributed by atoms with van der Waals surface area (Å²) < 4.78 is 5.44. The average Bonchev–Trinajstić information content (AvgIpc) is 3.36. The molecule has 0 bridgehead atoms. The number of nitrogens with zero attached hydrogens (tertiary/aromatic N) is 4. The topological polar surface area (TPSA) is 99.0 Å². The van der Waals surface area contributed by atoms with Gasteiger partial charge in [-0.1, -0.05) is 18.2 Å². The highest BCUT2D eigenvalue weighted by Crippen LogP contribution is 2.34. The summed E-state index contributed by atoms with van der Waals surface area (Å²) in [6.45, 7) is 5.18. The van der Waals surface area contributed by atoms with Crippen molar-refractivity contribution in [3.05, 3.63) is 48.0 Å². The van der Waals surface area contributed by atoms with Crippen molar-refractivity contribution < 1.29 is 19.7 Å². The number of aromatic nitrogens is 2. The Morgan fingerprint density at radius 2 is 2.06 bits per heavy atom. The second-order valence-electron chi connectivity index (χ2n) is 9.32. The van der Waals surface area contributed by atoms with E-state index in [0.29, 0.717) is 31.1 Å². The van der Waals surface area contributed by atoms with Gasteiger partial charge in [0.25, 0.3) is 0 Å². The van der Waals surface area contributed by atoms with Gasteiger partial charge in [0.1, 0.15) is 11.6 Å². The zero-order chi connectivity index (χ0) is 23.7. The predicted octanol–water partition coefficient (Wildman–Crippen LogP) is 4.30. The van der Waals surface area contributed by atoms with Crippen LogP contribution in [0.4, 0.5) is 10.6 Å². The Balaban J connectivity index is 1.48. The summed E-state index contributed by atoms with van der Waals surface area (Å²) in [6.07, 6.45) is 1.81. The van der Waals surface area contributed by atoms with Crippen LogP contribution in [0.5, 0.6) is 5.75 Å². The number of rotatable bonds is 5. The quantitative estimate of drug-likeness (QED) is 0.583. The highest BCUT2D eigenvalue weighted by atomic mass is 16.5. The van der Waals surface area contributed by atoms with Gasteiger partial charge in [-0.25, -0.2) is 14.8 Å². The number of fused-ring (bicyclic) bond motifs is 1. The van der Waals surface area contributed by atoms with E-state index in [-0.39, 0.29) is 17.7 Å². The Kier molecular flexibility index (Phi) is 6.24. The van der Waals surface area contributed by atoms with Crippen LogP contribution in [0.25, 0.3) is 22.3 Å². The van der Waals surface area contributed by atoms with Crippen LogP contribution in [0.1, 0.15) is 24.8 Å². The molecule has 1 amide bonds. The summed E-state index contributed by atoms with van der Waals surface area (Å²) >= 11 is 0.